The number of carbonyl (C=O) groups is 2. The van der Waals surface area contributed by atoms with Gasteiger partial charge in [0.05, 0.1) is 20.1 Å². The van der Waals surface area contributed by atoms with Crippen LogP contribution in [0.1, 0.15) is 12.8 Å². The number of methoxy groups -OCH3 is 2. The Hall–Kier alpha value is -1.14. The molecule has 0 saturated heterocycles. The van der Waals surface area contributed by atoms with Gasteiger partial charge in [0.25, 0.3) is 0 Å². The molecule has 0 radical (unpaired) electrons. The second-order valence-corrected chi connectivity index (χ2v) is 3.58. The summed E-state index contributed by atoms with van der Waals surface area (Å²) >= 11 is 0. The van der Waals surface area contributed by atoms with E-state index in [1.54, 1.807) is 14.2 Å². The fourth-order valence-corrected chi connectivity index (χ4v) is 1.29. The Morgan fingerprint density at radius 2 is 1.76 bits per heavy atom. The molecule has 100 valence electrons. The van der Waals surface area contributed by atoms with Crippen molar-refractivity contribution in [2.45, 2.75) is 12.8 Å². The molecule has 0 heterocycles. The molecule has 0 aromatic heterocycles. The molecule has 0 rings (SSSR count). The van der Waals surface area contributed by atoms with Crippen molar-refractivity contribution in [3.05, 3.63) is 0 Å². The summed E-state index contributed by atoms with van der Waals surface area (Å²) in [6.07, 6.45) is 0.745. The first-order valence-corrected chi connectivity index (χ1v) is 5.62. The second-order valence-electron chi connectivity index (χ2n) is 3.58. The Kier molecular flexibility index (Phi) is 9.37. The van der Waals surface area contributed by atoms with E-state index in [4.69, 9.17) is 4.74 Å². The van der Waals surface area contributed by atoms with E-state index in [1.807, 2.05) is 4.90 Å². The van der Waals surface area contributed by atoms with E-state index in [-0.39, 0.29) is 11.9 Å². The summed E-state index contributed by atoms with van der Waals surface area (Å²) in [6, 6.07) is 0. The summed E-state index contributed by atoms with van der Waals surface area (Å²) in [6.45, 7) is 2.46. The molecule has 0 bridgehead atoms. The van der Waals surface area contributed by atoms with Gasteiger partial charge < -0.3 is 14.8 Å². The highest BCUT2D eigenvalue weighted by atomic mass is 16.5. The predicted molar refractivity (Wildman–Crippen MR) is 63.6 cm³/mol. The van der Waals surface area contributed by atoms with E-state index in [1.165, 1.54) is 7.11 Å². The Balaban J connectivity index is 3.95. The molecule has 0 atom stereocenters. The van der Waals surface area contributed by atoms with Crippen LogP contribution < -0.4 is 5.32 Å². The number of rotatable bonds is 9. The molecule has 0 aliphatic heterocycles. The molecule has 0 spiro atoms. The second kappa shape index (κ2) is 10.0. The van der Waals surface area contributed by atoms with Crippen molar-refractivity contribution in [3.63, 3.8) is 0 Å². The van der Waals surface area contributed by atoms with Gasteiger partial charge in [0, 0.05) is 40.2 Å². The van der Waals surface area contributed by atoms with Crippen LogP contribution in [0.4, 0.5) is 0 Å². The van der Waals surface area contributed by atoms with Crippen LogP contribution in [-0.4, -0.2) is 64.3 Å². The summed E-state index contributed by atoms with van der Waals surface area (Å²) in [5.74, 6) is -0.252. The SMILES string of the molecule is CNC(=O)CCN(CCOC)CCC(=O)OC. The Bertz CT molecular complexity index is 214. The maximum absolute atomic E-state index is 11.1. The van der Waals surface area contributed by atoms with Crippen molar-refractivity contribution >= 4 is 11.9 Å². The molecular weight excluding hydrogens is 224 g/mol. The predicted octanol–water partition coefficient (Wildman–Crippen LogP) is -0.366. The minimum absolute atomic E-state index is 0.00881. The number of hydrogen-bond donors (Lipinski definition) is 1. The third kappa shape index (κ3) is 8.65. The molecule has 0 unspecified atom stereocenters. The zero-order valence-electron chi connectivity index (χ0n) is 10.8. The van der Waals surface area contributed by atoms with Crippen LogP contribution in [-0.2, 0) is 19.1 Å². The molecule has 6 nitrogen and oxygen atoms in total. The number of amides is 1. The van der Waals surface area contributed by atoms with Crippen molar-refractivity contribution in [2.24, 2.45) is 0 Å². The quantitative estimate of drug-likeness (QED) is 0.562. The molecule has 0 aliphatic carbocycles. The van der Waals surface area contributed by atoms with Crippen molar-refractivity contribution in [3.8, 4) is 0 Å². The van der Waals surface area contributed by atoms with Crippen LogP contribution in [0, 0.1) is 0 Å². The maximum atomic E-state index is 11.1. The van der Waals surface area contributed by atoms with E-state index >= 15 is 0 Å². The molecule has 0 aliphatic rings. The Morgan fingerprint density at radius 1 is 1.12 bits per heavy atom. The minimum Gasteiger partial charge on any atom is -0.469 e. The summed E-state index contributed by atoms with van der Waals surface area (Å²) in [5.41, 5.74) is 0. The fraction of sp³-hybridized carbons (Fsp3) is 0.818. The van der Waals surface area contributed by atoms with Gasteiger partial charge in [-0.3, -0.25) is 14.5 Å². The first-order valence-electron chi connectivity index (χ1n) is 5.62. The van der Waals surface area contributed by atoms with Gasteiger partial charge in [-0.1, -0.05) is 0 Å². The summed E-state index contributed by atoms with van der Waals surface area (Å²) < 4.78 is 9.56. The average molecular weight is 246 g/mol. The monoisotopic (exact) mass is 246 g/mol. The Morgan fingerprint density at radius 3 is 2.29 bits per heavy atom. The van der Waals surface area contributed by atoms with E-state index in [2.05, 4.69) is 10.1 Å². The number of esters is 1. The number of carbonyl (C=O) groups excluding carboxylic acids is 2. The van der Waals surface area contributed by atoms with Crippen LogP contribution in [0.15, 0.2) is 0 Å². The van der Waals surface area contributed by atoms with Crippen LogP contribution in [0.2, 0.25) is 0 Å². The molecule has 17 heavy (non-hydrogen) atoms. The van der Waals surface area contributed by atoms with Gasteiger partial charge in [-0.05, 0) is 0 Å². The zero-order chi connectivity index (χ0) is 13.1. The van der Waals surface area contributed by atoms with E-state index in [0.29, 0.717) is 39.1 Å². The van der Waals surface area contributed by atoms with Crippen molar-refractivity contribution in [1.29, 1.82) is 0 Å². The van der Waals surface area contributed by atoms with Crippen LogP contribution in [0.5, 0.6) is 0 Å². The Labute approximate surface area is 102 Å². The lowest BCUT2D eigenvalue weighted by Crippen LogP contribution is -2.33. The maximum Gasteiger partial charge on any atom is 0.306 e. The van der Waals surface area contributed by atoms with Crippen molar-refractivity contribution in [2.75, 3.05) is 47.5 Å². The molecule has 6 heteroatoms. The standard InChI is InChI=1S/C11H22N2O4/c1-12-10(14)4-6-13(8-9-16-2)7-5-11(15)17-3/h4-9H2,1-3H3,(H,12,14). The molecule has 0 saturated carbocycles. The van der Waals surface area contributed by atoms with E-state index < -0.39 is 0 Å². The van der Waals surface area contributed by atoms with Crippen molar-refractivity contribution < 1.29 is 19.1 Å². The first-order chi connectivity index (χ1) is 8.13. The van der Waals surface area contributed by atoms with Gasteiger partial charge in [0.2, 0.25) is 5.91 Å². The summed E-state index contributed by atoms with van der Waals surface area (Å²) in [4.78, 5) is 24.2. The molecule has 1 amide bonds. The van der Waals surface area contributed by atoms with Gasteiger partial charge in [-0.25, -0.2) is 0 Å². The van der Waals surface area contributed by atoms with Gasteiger partial charge in [-0.2, -0.15) is 0 Å². The van der Waals surface area contributed by atoms with Gasteiger partial charge >= 0.3 is 5.97 Å². The van der Waals surface area contributed by atoms with Crippen LogP contribution in [0.3, 0.4) is 0 Å². The number of nitrogens with zero attached hydrogens (tertiary/aromatic N) is 1. The lowest BCUT2D eigenvalue weighted by molar-refractivity contribution is -0.141. The van der Waals surface area contributed by atoms with E-state index in [0.717, 1.165) is 0 Å². The lowest BCUT2D eigenvalue weighted by atomic mass is 10.3. The topological polar surface area (TPSA) is 67.9 Å². The molecule has 0 fully saturated rings. The highest BCUT2D eigenvalue weighted by Crippen LogP contribution is 1.96. The number of nitrogens with one attached hydrogen (secondary N) is 1. The van der Waals surface area contributed by atoms with Gasteiger partial charge in [0.1, 0.15) is 0 Å². The number of hydrogen-bond acceptors (Lipinski definition) is 5. The lowest BCUT2D eigenvalue weighted by Gasteiger charge is -2.20. The van der Waals surface area contributed by atoms with E-state index in [9.17, 15) is 9.59 Å². The molecule has 0 aromatic rings. The van der Waals surface area contributed by atoms with Gasteiger partial charge in [-0.15, -0.1) is 0 Å². The highest BCUT2D eigenvalue weighted by Gasteiger charge is 2.09. The fourth-order valence-electron chi connectivity index (χ4n) is 1.29. The molecule has 1 N–H and O–H groups in total. The van der Waals surface area contributed by atoms with Crippen molar-refractivity contribution in [1.82, 2.24) is 10.2 Å². The minimum atomic E-state index is -0.243. The summed E-state index contributed by atoms with van der Waals surface area (Å²) in [5, 5.41) is 2.56. The smallest absolute Gasteiger partial charge is 0.306 e. The normalized spacial score (nSPS) is 10.4. The van der Waals surface area contributed by atoms with Crippen LogP contribution in [0.25, 0.3) is 0 Å². The third-order valence-electron chi connectivity index (χ3n) is 2.41. The molecule has 0 aromatic carbocycles. The number of ether oxygens (including phenoxy) is 2. The molecular formula is C11H22N2O4. The highest BCUT2D eigenvalue weighted by molar-refractivity contribution is 5.75. The van der Waals surface area contributed by atoms with Crippen LogP contribution >= 0.6 is 0 Å². The third-order valence-corrected chi connectivity index (χ3v) is 2.41. The zero-order valence-corrected chi connectivity index (χ0v) is 10.8. The average Bonchev–Trinajstić information content (AvgIpc) is 2.36. The summed E-state index contributed by atoms with van der Waals surface area (Å²) in [7, 11) is 4.60. The largest absolute Gasteiger partial charge is 0.469 e. The van der Waals surface area contributed by atoms with Gasteiger partial charge in [0.15, 0.2) is 0 Å². The first kappa shape index (κ1) is 15.9.